The number of nitrogens with one attached hydrogen (secondary N) is 2. The molecule has 1 aromatic rings. The highest BCUT2D eigenvalue weighted by atomic mass is 19.3. The maximum atomic E-state index is 13.7. The van der Waals surface area contributed by atoms with Crippen LogP contribution in [0.25, 0.3) is 0 Å². The lowest BCUT2D eigenvalue weighted by Gasteiger charge is -2.33. The Morgan fingerprint density at radius 2 is 1.61 bits per heavy atom. The van der Waals surface area contributed by atoms with Crippen molar-refractivity contribution < 1.29 is 37.8 Å². The van der Waals surface area contributed by atoms with Crippen molar-refractivity contribution in [1.29, 1.82) is 0 Å². The van der Waals surface area contributed by atoms with E-state index in [0.29, 0.717) is 38.8 Å². The van der Waals surface area contributed by atoms with E-state index in [0.717, 1.165) is 37.7 Å². The first-order valence-electron chi connectivity index (χ1n) is 17.0. The third kappa shape index (κ3) is 17.6. The first-order valence-corrected chi connectivity index (χ1v) is 17.0. The number of alkyl halides is 3. The Labute approximate surface area is 290 Å². The van der Waals surface area contributed by atoms with E-state index >= 15 is 0 Å². The molecule has 0 spiro atoms. The van der Waals surface area contributed by atoms with E-state index < -0.39 is 55.8 Å². The van der Waals surface area contributed by atoms with Gasteiger partial charge in [0, 0.05) is 39.4 Å². The fourth-order valence-corrected chi connectivity index (χ4v) is 5.85. The first kappa shape index (κ1) is 43.4. The molecular formula is C37H55F3N4O5. The molecule has 4 unspecified atom stereocenters. The molecule has 3 amide bonds. The van der Waals surface area contributed by atoms with E-state index in [1.54, 1.807) is 14.1 Å². The number of amides is 3. The van der Waals surface area contributed by atoms with E-state index in [1.807, 2.05) is 30.3 Å². The average molecular weight is 693 g/mol. The first-order chi connectivity index (χ1) is 23.5. The molecule has 12 heteroatoms. The molecular weight excluding hydrogens is 637 g/mol. The molecule has 1 fully saturated rings. The van der Waals surface area contributed by atoms with Gasteiger partial charge in [0.2, 0.25) is 24.6 Å². The fourth-order valence-electron chi connectivity index (χ4n) is 5.85. The Morgan fingerprint density at radius 1 is 0.959 bits per heavy atom. The highest BCUT2D eigenvalue weighted by Crippen LogP contribution is 2.29. The molecule has 0 radical (unpaired) electrons. The topological polar surface area (TPSA) is 122 Å². The molecule has 0 aliphatic heterocycles. The zero-order valence-corrected chi connectivity index (χ0v) is 29.0. The minimum atomic E-state index is -1.75. The van der Waals surface area contributed by atoms with Crippen LogP contribution in [0.2, 0.25) is 0 Å². The van der Waals surface area contributed by atoms with Gasteiger partial charge >= 0.3 is 0 Å². The second kappa shape index (κ2) is 25.4. The third-order valence-corrected chi connectivity index (χ3v) is 8.79. The largest absolute Gasteiger partial charge is 0.390 e. The fraction of sp³-hybridized carbons (Fsp3) is 0.649. The molecule has 1 aliphatic carbocycles. The molecule has 2 rings (SSSR count). The number of rotatable bonds is 20. The summed E-state index contributed by atoms with van der Waals surface area (Å²) in [5.74, 6) is 3.14. The van der Waals surface area contributed by atoms with Gasteiger partial charge < -0.3 is 25.7 Å². The minimum absolute atomic E-state index is 0.101. The van der Waals surface area contributed by atoms with Gasteiger partial charge in [-0.3, -0.25) is 19.3 Å². The van der Waals surface area contributed by atoms with Crippen LogP contribution >= 0.6 is 0 Å². The Hall–Kier alpha value is -3.58. The van der Waals surface area contributed by atoms with Crippen LogP contribution in [0.1, 0.15) is 76.2 Å². The molecule has 0 saturated heterocycles. The van der Waals surface area contributed by atoms with Gasteiger partial charge in [0.05, 0.1) is 24.2 Å². The summed E-state index contributed by atoms with van der Waals surface area (Å²) in [4.78, 5) is 43.4. The standard InChI is InChI=1S/C36H53FN4O5.CH2F2/c1-5-7-10-20-32(42)34(44)31(24-28-18-13-9-14-19-28)39-36(46)30(15-6-2)38-35(45)29(23-27-16-11-8-12-17-27)25-33(43)41(4)22-21-40(3)26-37;2-1-3/h1-2,8,11-12,16-17,28-32,34,42,44H,7,9-10,13-15,18-26H2,3-4H3,(H,38,45)(H,39,46);1H2/t29?,30-,31?,32?,34?;/m0./s1. The van der Waals surface area contributed by atoms with Crippen molar-refractivity contribution in [3.05, 3.63) is 35.9 Å². The summed E-state index contributed by atoms with van der Waals surface area (Å²) in [5.41, 5.74) is 0.850. The number of halogens is 3. The number of aliphatic hydroxyl groups excluding tert-OH is 2. The summed E-state index contributed by atoms with van der Waals surface area (Å²) >= 11 is 0. The van der Waals surface area contributed by atoms with Crippen molar-refractivity contribution in [3.63, 3.8) is 0 Å². The minimum Gasteiger partial charge on any atom is -0.390 e. The summed E-state index contributed by atoms with van der Waals surface area (Å²) in [5, 5.41) is 27.5. The number of unbranched alkanes of at least 4 members (excludes halogenated alkanes) is 1. The molecule has 9 nitrogen and oxygen atoms in total. The van der Waals surface area contributed by atoms with Crippen LogP contribution in [0.3, 0.4) is 0 Å². The molecule has 1 aliphatic rings. The van der Waals surface area contributed by atoms with Crippen molar-refractivity contribution in [2.75, 3.05) is 40.9 Å². The predicted molar refractivity (Wildman–Crippen MR) is 185 cm³/mol. The van der Waals surface area contributed by atoms with E-state index in [2.05, 4.69) is 22.5 Å². The lowest BCUT2D eigenvalue weighted by molar-refractivity contribution is -0.137. The van der Waals surface area contributed by atoms with E-state index in [9.17, 15) is 37.8 Å². The molecule has 1 saturated carbocycles. The number of benzene rings is 1. The number of likely N-dealkylation sites (N-methyl/N-ethyl adjacent to an activating group) is 2. The van der Waals surface area contributed by atoms with E-state index in [-0.39, 0.29) is 31.1 Å². The van der Waals surface area contributed by atoms with Gasteiger partial charge in [-0.2, -0.15) is 0 Å². The Bertz CT molecular complexity index is 1170. The lowest BCUT2D eigenvalue weighted by atomic mass is 9.82. The van der Waals surface area contributed by atoms with Crippen molar-refractivity contribution in [2.45, 2.75) is 101 Å². The van der Waals surface area contributed by atoms with Crippen LogP contribution in [0.15, 0.2) is 30.3 Å². The van der Waals surface area contributed by atoms with Crippen molar-refractivity contribution in [2.24, 2.45) is 11.8 Å². The van der Waals surface area contributed by atoms with Crippen LogP contribution in [-0.2, 0) is 20.8 Å². The van der Waals surface area contributed by atoms with Crippen LogP contribution in [0.5, 0.6) is 0 Å². The number of hydrogen-bond acceptors (Lipinski definition) is 6. The van der Waals surface area contributed by atoms with Crippen LogP contribution in [0, 0.1) is 36.5 Å². The van der Waals surface area contributed by atoms with Gasteiger partial charge in [0.15, 0.2) is 0 Å². The van der Waals surface area contributed by atoms with Crippen LogP contribution in [-0.4, -0.2) is 103 Å². The number of hydrogen-bond donors (Lipinski definition) is 4. The third-order valence-electron chi connectivity index (χ3n) is 8.79. The molecule has 0 aromatic heterocycles. The molecule has 4 N–H and O–H groups in total. The van der Waals surface area contributed by atoms with Gasteiger partial charge in [-0.15, -0.1) is 24.7 Å². The van der Waals surface area contributed by atoms with Gasteiger partial charge in [-0.25, -0.2) is 13.2 Å². The SMILES string of the molecule is C#CCCCC(O)C(O)C(CC1CCCCC1)NC(=O)[C@H](CC#C)NC(=O)C(CC(=O)N(C)CCN(C)CF)Cc1ccccc1.FCF. The second-order valence-corrected chi connectivity index (χ2v) is 12.7. The smallest absolute Gasteiger partial charge is 0.243 e. The molecule has 49 heavy (non-hydrogen) atoms. The van der Waals surface area contributed by atoms with Gasteiger partial charge in [-0.1, -0.05) is 62.4 Å². The highest BCUT2D eigenvalue weighted by molar-refractivity contribution is 5.91. The van der Waals surface area contributed by atoms with Gasteiger partial charge in [-0.05, 0) is 44.2 Å². The maximum Gasteiger partial charge on any atom is 0.243 e. The van der Waals surface area contributed by atoms with Crippen molar-refractivity contribution in [3.8, 4) is 24.7 Å². The van der Waals surface area contributed by atoms with E-state index in [4.69, 9.17) is 12.8 Å². The number of aliphatic hydroxyl groups is 2. The average Bonchev–Trinajstić information content (AvgIpc) is 3.10. The molecule has 274 valence electrons. The second-order valence-electron chi connectivity index (χ2n) is 12.7. The predicted octanol–water partition coefficient (Wildman–Crippen LogP) is 3.92. The number of carbonyl (C=O) groups excluding carboxylic acids is 3. The summed E-state index contributed by atoms with van der Waals surface area (Å²) in [7, 11) is 3.22. The molecule has 0 bridgehead atoms. The van der Waals surface area contributed by atoms with Crippen molar-refractivity contribution >= 4 is 17.7 Å². The molecule has 5 atom stereocenters. The summed E-state index contributed by atoms with van der Waals surface area (Å²) in [6.45, 7) is -1.76. The lowest BCUT2D eigenvalue weighted by Crippen LogP contribution is -2.56. The number of terminal acetylenes is 2. The van der Waals surface area contributed by atoms with Gasteiger partial charge in [0.25, 0.3) is 0 Å². The number of carbonyl (C=O) groups is 3. The summed E-state index contributed by atoms with van der Waals surface area (Å²) < 4.78 is 32.1. The molecule has 1 aromatic carbocycles. The zero-order valence-electron chi connectivity index (χ0n) is 29.0. The monoisotopic (exact) mass is 692 g/mol. The number of nitrogens with zero attached hydrogens (tertiary/aromatic N) is 2. The Morgan fingerprint density at radius 3 is 2.20 bits per heavy atom. The van der Waals surface area contributed by atoms with Crippen LogP contribution in [0.4, 0.5) is 13.2 Å². The van der Waals surface area contributed by atoms with Crippen LogP contribution < -0.4 is 10.6 Å². The normalized spacial score (nSPS) is 16.0. The van der Waals surface area contributed by atoms with Gasteiger partial charge in [0.1, 0.15) is 12.8 Å². The van der Waals surface area contributed by atoms with Crippen molar-refractivity contribution in [1.82, 2.24) is 20.4 Å². The molecule has 0 heterocycles. The Balaban J connectivity index is 0.00000385. The quantitative estimate of drug-likeness (QED) is 0.0935. The summed E-state index contributed by atoms with van der Waals surface area (Å²) in [6.07, 6.45) is 15.7. The Kier molecular flexibility index (Phi) is 22.5. The maximum absolute atomic E-state index is 13.7. The van der Waals surface area contributed by atoms with E-state index in [1.165, 1.54) is 9.80 Å². The summed E-state index contributed by atoms with van der Waals surface area (Å²) in [6, 6.07) is 7.42. The highest BCUT2D eigenvalue weighted by Gasteiger charge is 2.34. The zero-order chi connectivity index (χ0) is 36.6.